The van der Waals surface area contributed by atoms with Gasteiger partial charge in [0.05, 0.1) is 11.1 Å². The lowest BCUT2D eigenvalue weighted by Crippen LogP contribution is -2.19. The molecule has 3 aromatic heterocycles. The molecule has 3 aromatic rings. The zero-order chi connectivity index (χ0) is 15.8. The number of fused-ring (bicyclic) bond motifs is 1. The third-order valence-corrected chi connectivity index (χ3v) is 4.71. The highest BCUT2D eigenvalue weighted by Crippen LogP contribution is 2.36. The first-order valence-electron chi connectivity index (χ1n) is 8.06. The minimum absolute atomic E-state index is 0.287. The summed E-state index contributed by atoms with van der Waals surface area (Å²) in [7, 11) is 0. The lowest BCUT2D eigenvalue weighted by Gasteiger charge is -2.20. The van der Waals surface area contributed by atoms with Gasteiger partial charge in [0.1, 0.15) is 5.65 Å². The largest absolute Gasteiger partial charge is 0.371 e. The molecule has 0 saturated carbocycles. The van der Waals surface area contributed by atoms with Gasteiger partial charge in [-0.3, -0.25) is 0 Å². The van der Waals surface area contributed by atoms with Crippen molar-refractivity contribution in [2.24, 2.45) is 5.92 Å². The molecule has 0 aromatic carbocycles. The van der Waals surface area contributed by atoms with Gasteiger partial charge < -0.3 is 15.6 Å². The molecule has 6 nitrogen and oxygen atoms in total. The van der Waals surface area contributed by atoms with Crippen molar-refractivity contribution in [3.63, 3.8) is 0 Å². The van der Waals surface area contributed by atoms with Crippen molar-refractivity contribution in [2.45, 2.75) is 19.8 Å². The predicted molar refractivity (Wildman–Crippen MR) is 92.1 cm³/mol. The van der Waals surface area contributed by atoms with Crippen LogP contribution in [0.15, 0.2) is 30.7 Å². The average Bonchev–Trinajstić information content (AvgIpc) is 3.21. The second-order valence-electron chi connectivity index (χ2n) is 6.07. The van der Waals surface area contributed by atoms with Crippen LogP contribution in [-0.2, 0) is 0 Å². The Kier molecular flexibility index (Phi) is 3.37. The number of rotatable bonds is 3. The quantitative estimate of drug-likeness (QED) is 0.777. The summed E-state index contributed by atoms with van der Waals surface area (Å²) in [6.07, 6.45) is 7.99. The second-order valence-corrected chi connectivity index (χ2v) is 6.07. The smallest absolute Gasteiger partial charge is 0.220 e. The number of anilines is 2. The van der Waals surface area contributed by atoms with Crippen molar-refractivity contribution >= 4 is 22.7 Å². The first-order valence-corrected chi connectivity index (χ1v) is 8.06. The molecule has 1 saturated heterocycles. The molecule has 4 rings (SSSR count). The molecule has 4 heterocycles. The van der Waals surface area contributed by atoms with Crippen molar-refractivity contribution < 1.29 is 0 Å². The molecule has 1 aliphatic heterocycles. The molecule has 118 valence electrons. The van der Waals surface area contributed by atoms with Gasteiger partial charge in [0, 0.05) is 42.9 Å². The zero-order valence-electron chi connectivity index (χ0n) is 13.2. The van der Waals surface area contributed by atoms with E-state index in [1.807, 2.05) is 18.5 Å². The third-order valence-electron chi connectivity index (χ3n) is 4.71. The van der Waals surface area contributed by atoms with E-state index in [0.717, 1.165) is 41.3 Å². The topological polar surface area (TPSA) is 83.7 Å². The summed E-state index contributed by atoms with van der Waals surface area (Å²) in [6.45, 7) is 4.46. The van der Waals surface area contributed by atoms with Crippen molar-refractivity contribution in [1.29, 1.82) is 0 Å². The van der Waals surface area contributed by atoms with Crippen molar-refractivity contribution in [3.8, 4) is 11.3 Å². The SMILES string of the molecule is CCC1CCN(c2ccnc3[nH]cc(-c4ccnc(N)n4)c23)C1. The summed E-state index contributed by atoms with van der Waals surface area (Å²) in [5, 5.41) is 1.11. The molecule has 0 spiro atoms. The zero-order valence-corrected chi connectivity index (χ0v) is 13.2. The van der Waals surface area contributed by atoms with Crippen molar-refractivity contribution in [2.75, 3.05) is 23.7 Å². The van der Waals surface area contributed by atoms with Gasteiger partial charge in [-0.25, -0.2) is 15.0 Å². The molecule has 0 amide bonds. The Morgan fingerprint density at radius 3 is 2.96 bits per heavy atom. The molecule has 3 N–H and O–H groups in total. The Hall–Kier alpha value is -2.63. The predicted octanol–water partition coefficient (Wildman–Crippen LogP) is 2.84. The van der Waals surface area contributed by atoms with E-state index < -0.39 is 0 Å². The lowest BCUT2D eigenvalue weighted by atomic mass is 10.1. The van der Waals surface area contributed by atoms with E-state index in [9.17, 15) is 0 Å². The Morgan fingerprint density at radius 2 is 2.17 bits per heavy atom. The standard InChI is InChI=1S/C17H20N6/c1-2-11-5-8-23(10-11)14-4-7-19-16-15(14)12(9-21-16)13-3-6-20-17(18)22-13/h3-4,6-7,9,11H,2,5,8,10H2,1H3,(H,19,21)(H2,18,20,22). The summed E-state index contributed by atoms with van der Waals surface area (Å²) in [4.78, 5) is 18.5. The average molecular weight is 308 g/mol. The van der Waals surface area contributed by atoms with Gasteiger partial charge in [0.2, 0.25) is 5.95 Å². The van der Waals surface area contributed by atoms with Crippen LogP contribution in [-0.4, -0.2) is 33.0 Å². The second kappa shape index (κ2) is 5.53. The van der Waals surface area contributed by atoms with Crippen LogP contribution in [0.1, 0.15) is 19.8 Å². The number of nitrogen functional groups attached to an aromatic ring is 1. The van der Waals surface area contributed by atoms with Gasteiger partial charge in [-0.15, -0.1) is 0 Å². The molecule has 1 fully saturated rings. The Labute approximate surface area is 134 Å². The number of nitrogens with one attached hydrogen (secondary N) is 1. The van der Waals surface area contributed by atoms with Crippen molar-refractivity contribution in [1.82, 2.24) is 19.9 Å². The molecule has 1 unspecified atom stereocenters. The number of H-pyrrole nitrogens is 1. The van der Waals surface area contributed by atoms with Gasteiger partial charge in [0.15, 0.2) is 0 Å². The van der Waals surface area contributed by atoms with Crippen LogP contribution >= 0.6 is 0 Å². The fourth-order valence-corrected chi connectivity index (χ4v) is 3.41. The van der Waals surface area contributed by atoms with Crippen LogP contribution in [0.4, 0.5) is 11.6 Å². The highest BCUT2D eigenvalue weighted by Gasteiger charge is 2.24. The summed E-state index contributed by atoms with van der Waals surface area (Å²) in [5.41, 5.74) is 9.70. The highest BCUT2D eigenvalue weighted by molar-refractivity contribution is 6.02. The molecule has 0 radical (unpaired) electrons. The van der Waals surface area contributed by atoms with Gasteiger partial charge in [0.25, 0.3) is 0 Å². The first kappa shape index (κ1) is 14.0. The van der Waals surface area contributed by atoms with Gasteiger partial charge in [-0.2, -0.15) is 0 Å². The van der Waals surface area contributed by atoms with Crippen LogP contribution in [0.5, 0.6) is 0 Å². The number of aromatic amines is 1. The van der Waals surface area contributed by atoms with Gasteiger partial charge >= 0.3 is 0 Å². The number of aromatic nitrogens is 4. The number of nitrogens with two attached hydrogens (primary N) is 1. The van der Waals surface area contributed by atoms with Gasteiger partial charge in [-0.1, -0.05) is 13.3 Å². The fraction of sp³-hybridized carbons (Fsp3) is 0.353. The van der Waals surface area contributed by atoms with E-state index in [1.54, 1.807) is 6.20 Å². The third kappa shape index (κ3) is 2.40. The molecule has 1 atom stereocenters. The Morgan fingerprint density at radius 1 is 1.30 bits per heavy atom. The van der Waals surface area contributed by atoms with Gasteiger partial charge in [-0.05, 0) is 24.5 Å². The fourth-order valence-electron chi connectivity index (χ4n) is 3.41. The molecular weight excluding hydrogens is 288 g/mol. The maximum Gasteiger partial charge on any atom is 0.220 e. The monoisotopic (exact) mass is 308 g/mol. The molecule has 1 aliphatic rings. The minimum atomic E-state index is 0.287. The normalized spacial score (nSPS) is 18.0. The van der Waals surface area contributed by atoms with E-state index >= 15 is 0 Å². The molecule has 6 heteroatoms. The number of hydrogen-bond donors (Lipinski definition) is 2. The molecular formula is C17H20N6. The molecule has 0 bridgehead atoms. The first-order chi connectivity index (χ1) is 11.3. The molecule has 0 aliphatic carbocycles. The summed E-state index contributed by atoms with van der Waals surface area (Å²) in [5.74, 6) is 1.06. The van der Waals surface area contributed by atoms with Crippen LogP contribution < -0.4 is 10.6 Å². The lowest BCUT2D eigenvalue weighted by molar-refractivity contribution is 0.569. The highest BCUT2D eigenvalue weighted by atomic mass is 15.2. The van der Waals surface area contributed by atoms with Crippen LogP contribution in [0.3, 0.4) is 0 Å². The minimum Gasteiger partial charge on any atom is -0.371 e. The maximum absolute atomic E-state index is 5.75. The number of hydrogen-bond acceptors (Lipinski definition) is 5. The van der Waals surface area contributed by atoms with Crippen LogP contribution in [0.2, 0.25) is 0 Å². The Bertz CT molecular complexity index is 840. The molecule has 23 heavy (non-hydrogen) atoms. The van der Waals surface area contributed by atoms with E-state index in [4.69, 9.17) is 5.73 Å². The van der Waals surface area contributed by atoms with Crippen LogP contribution in [0.25, 0.3) is 22.3 Å². The van der Waals surface area contributed by atoms with E-state index in [2.05, 4.69) is 37.8 Å². The maximum atomic E-state index is 5.75. The van der Waals surface area contributed by atoms with Crippen LogP contribution in [0, 0.1) is 5.92 Å². The summed E-state index contributed by atoms with van der Waals surface area (Å²) >= 11 is 0. The Balaban J connectivity index is 1.84. The number of nitrogens with zero attached hydrogens (tertiary/aromatic N) is 4. The van der Waals surface area contributed by atoms with E-state index in [1.165, 1.54) is 18.5 Å². The van der Waals surface area contributed by atoms with Crippen molar-refractivity contribution in [3.05, 3.63) is 30.7 Å². The van der Waals surface area contributed by atoms with E-state index in [-0.39, 0.29) is 5.95 Å². The van der Waals surface area contributed by atoms with E-state index in [0.29, 0.717) is 0 Å². The summed E-state index contributed by atoms with van der Waals surface area (Å²) < 4.78 is 0. The number of pyridine rings is 1. The summed E-state index contributed by atoms with van der Waals surface area (Å²) in [6, 6.07) is 3.98.